The summed E-state index contributed by atoms with van der Waals surface area (Å²) in [6.45, 7) is 0.491. The van der Waals surface area contributed by atoms with E-state index in [1.165, 1.54) is 12.1 Å². The molecule has 24 heavy (non-hydrogen) atoms. The van der Waals surface area contributed by atoms with Gasteiger partial charge in [-0.15, -0.1) is 0 Å². The van der Waals surface area contributed by atoms with E-state index in [2.05, 4.69) is 10.6 Å². The number of amides is 2. The summed E-state index contributed by atoms with van der Waals surface area (Å²) >= 11 is 5.78. The number of hydrogen-bond donors (Lipinski definition) is 4. The maximum Gasteiger partial charge on any atom is 0.251 e. The van der Waals surface area contributed by atoms with Crippen LogP contribution in [0.4, 0.5) is 0 Å². The van der Waals surface area contributed by atoms with Gasteiger partial charge in [0.25, 0.3) is 5.91 Å². The van der Waals surface area contributed by atoms with E-state index in [0.717, 1.165) is 11.6 Å². The fourth-order valence-electron chi connectivity index (χ4n) is 2.06. The number of benzene rings is 2. The average Bonchev–Trinajstić information content (AvgIpc) is 2.52. The van der Waals surface area contributed by atoms with Crippen molar-refractivity contribution >= 4 is 23.4 Å². The van der Waals surface area contributed by atoms with Gasteiger partial charge in [-0.1, -0.05) is 23.7 Å². The van der Waals surface area contributed by atoms with Gasteiger partial charge in [0.15, 0.2) is 0 Å². The molecule has 2 amide bonds. The van der Waals surface area contributed by atoms with Crippen LogP contribution in [0.1, 0.15) is 15.9 Å². The van der Waals surface area contributed by atoms with E-state index in [0.29, 0.717) is 5.02 Å². The van der Waals surface area contributed by atoms with Gasteiger partial charge in [-0.25, -0.2) is 0 Å². The predicted molar refractivity (Wildman–Crippen MR) is 90.3 cm³/mol. The van der Waals surface area contributed by atoms with Crippen LogP contribution in [0, 0.1) is 0 Å². The van der Waals surface area contributed by atoms with E-state index in [4.69, 9.17) is 11.6 Å². The quantitative estimate of drug-likeness (QED) is 0.599. The Morgan fingerprint density at radius 1 is 0.917 bits per heavy atom. The first-order valence-electron chi connectivity index (χ1n) is 7.26. The lowest BCUT2D eigenvalue weighted by atomic mass is 10.1. The Labute approximate surface area is 144 Å². The molecule has 0 bridgehead atoms. The molecule has 0 saturated carbocycles. The third-order valence-electron chi connectivity index (χ3n) is 3.18. The van der Waals surface area contributed by atoms with Gasteiger partial charge < -0.3 is 20.8 Å². The molecule has 0 spiro atoms. The van der Waals surface area contributed by atoms with Gasteiger partial charge in [-0.2, -0.15) is 0 Å². The van der Waals surface area contributed by atoms with Gasteiger partial charge in [0, 0.05) is 29.7 Å². The molecular weight excluding hydrogens is 332 g/mol. The molecule has 0 aliphatic rings. The number of rotatable bonds is 6. The number of phenolic OH excluding ortho intramolecular Hbond substituents is 2. The zero-order valence-electron chi connectivity index (χ0n) is 12.8. The summed E-state index contributed by atoms with van der Waals surface area (Å²) in [7, 11) is 0. The molecule has 0 radical (unpaired) electrons. The molecule has 2 rings (SSSR count). The molecule has 4 N–H and O–H groups in total. The fourth-order valence-corrected chi connectivity index (χ4v) is 2.18. The number of aromatic hydroxyl groups is 2. The van der Waals surface area contributed by atoms with E-state index in [-0.39, 0.29) is 42.5 Å². The van der Waals surface area contributed by atoms with Crippen molar-refractivity contribution in [1.82, 2.24) is 10.6 Å². The first kappa shape index (κ1) is 17.6. The highest BCUT2D eigenvalue weighted by Gasteiger charge is 2.08. The van der Waals surface area contributed by atoms with Crippen LogP contribution in [0.25, 0.3) is 0 Å². The predicted octanol–water partition coefficient (Wildman–Crippen LogP) is 1.84. The zero-order chi connectivity index (χ0) is 17.5. The number of hydrogen-bond acceptors (Lipinski definition) is 4. The minimum Gasteiger partial charge on any atom is -0.508 e. The van der Waals surface area contributed by atoms with Crippen LogP contribution >= 0.6 is 11.6 Å². The topological polar surface area (TPSA) is 98.7 Å². The van der Waals surface area contributed by atoms with Crippen molar-refractivity contribution in [3.05, 3.63) is 58.6 Å². The van der Waals surface area contributed by atoms with Crippen LogP contribution in [0.15, 0.2) is 42.5 Å². The Kier molecular flexibility index (Phi) is 6.03. The Balaban J connectivity index is 1.73. The van der Waals surface area contributed by atoms with Gasteiger partial charge in [0.2, 0.25) is 5.91 Å². The normalized spacial score (nSPS) is 10.2. The molecule has 0 aliphatic carbocycles. The van der Waals surface area contributed by atoms with E-state index in [9.17, 15) is 19.8 Å². The van der Waals surface area contributed by atoms with Crippen molar-refractivity contribution in [2.75, 3.05) is 13.1 Å². The highest BCUT2D eigenvalue weighted by atomic mass is 35.5. The number of phenols is 2. The molecule has 126 valence electrons. The molecule has 7 heteroatoms. The van der Waals surface area contributed by atoms with Crippen molar-refractivity contribution in [1.29, 1.82) is 0 Å². The van der Waals surface area contributed by atoms with Crippen molar-refractivity contribution in [2.24, 2.45) is 0 Å². The van der Waals surface area contributed by atoms with E-state index in [1.807, 2.05) is 0 Å². The first-order valence-corrected chi connectivity index (χ1v) is 7.64. The van der Waals surface area contributed by atoms with E-state index < -0.39 is 5.91 Å². The van der Waals surface area contributed by atoms with Crippen LogP contribution in [-0.4, -0.2) is 35.1 Å². The monoisotopic (exact) mass is 348 g/mol. The Morgan fingerprint density at radius 2 is 1.50 bits per heavy atom. The molecule has 2 aromatic carbocycles. The summed E-state index contributed by atoms with van der Waals surface area (Å²) in [5.74, 6) is -1.01. The number of carbonyl (C=O) groups is 2. The van der Waals surface area contributed by atoms with Crippen molar-refractivity contribution in [3.8, 4) is 11.5 Å². The van der Waals surface area contributed by atoms with Gasteiger partial charge in [-0.05, 0) is 29.8 Å². The average molecular weight is 349 g/mol. The first-order chi connectivity index (χ1) is 11.4. The number of halogens is 1. The maximum atomic E-state index is 11.9. The van der Waals surface area contributed by atoms with Crippen LogP contribution < -0.4 is 10.6 Å². The second-order valence-corrected chi connectivity index (χ2v) is 5.58. The van der Waals surface area contributed by atoms with E-state index >= 15 is 0 Å². The molecule has 0 atom stereocenters. The molecular formula is C17H17ClN2O4. The smallest absolute Gasteiger partial charge is 0.251 e. The molecule has 6 nitrogen and oxygen atoms in total. The van der Waals surface area contributed by atoms with Crippen LogP contribution in [0.5, 0.6) is 11.5 Å². The van der Waals surface area contributed by atoms with Crippen LogP contribution in [0.2, 0.25) is 5.02 Å². The molecule has 0 heterocycles. The van der Waals surface area contributed by atoms with Crippen LogP contribution in [-0.2, 0) is 11.2 Å². The second kappa shape index (κ2) is 8.21. The summed E-state index contributed by atoms with van der Waals surface area (Å²) < 4.78 is 0. The maximum absolute atomic E-state index is 11.9. The molecule has 0 saturated heterocycles. The lowest BCUT2D eigenvalue weighted by Gasteiger charge is -2.08. The fraction of sp³-hybridized carbons (Fsp3) is 0.176. The third kappa shape index (κ3) is 5.48. The largest absolute Gasteiger partial charge is 0.508 e. The van der Waals surface area contributed by atoms with Gasteiger partial charge in [-0.3, -0.25) is 9.59 Å². The highest BCUT2D eigenvalue weighted by Crippen LogP contribution is 2.20. The van der Waals surface area contributed by atoms with Gasteiger partial charge >= 0.3 is 0 Å². The second-order valence-electron chi connectivity index (χ2n) is 5.15. The third-order valence-corrected chi connectivity index (χ3v) is 3.43. The van der Waals surface area contributed by atoms with E-state index in [1.54, 1.807) is 24.3 Å². The minimum atomic E-state index is -0.451. The molecule has 0 aliphatic heterocycles. The molecule has 0 aromatic heterocycles. The standard InChI is InChI=1S/C17H17ClN2O4/c18-13-3-1-11(2-4-13)7-16(23)19-5-6-20-17(24)12-8-14(21)10-15(22)9-12/h1-4,8-10,21-22H,5-7H2,(H,19,23)(H,20,24). The Morgan fingerprint density at radius 3 is 2.12 bits per heavy atom. The van der Waals surface area contributed by atoms with Crippen molar-refractivity contribution < 1.29 is 19.8 Å². The lowest BCUT2D eigenvalue weighted by Crippen LogP contribution is -2.35. The van der Waals surface area contributed by atoms with Crippen molar-refractivity contribution in [3.63, 3.8) is 0 Å². The van der Waals surface area contributed by atoms with Crippen molar-refractivity contribution in [2.45, 2.75) is 6.42 Å². The molecule has 0 fully saturated rings. The Bertz CT molecular complexity index is 712. The summed E-state index contributed by atoms with van der Waals surface area (Å²) in [4.78, 5) is 23.6. The van der Waals surface area contributed by atoms with Crippen LogP contribution in [0.3, 0.4) is 0 Å². The molecule has 0 unspecified atom stereocenters. The lowest BCUT2D eigenvalue weighted by molar-refractivity contribution is -0.120. The summed E-state index contributed by atoms with van der Waals surface area (Å²) in [6, 6.07) is 10.6. The zero-order valence-corrected chi connectivity index (χ0v) is 13.5. The SMILES string of the molecule is O=C(Cc1ccc(Cl)cc1)NCCNC(=O)c1cc(O)cc(O)c1. The highest BCUT2D eigenvalue weighted by molar-refractivity contribution is 6.30. The number of nitrogens with one attached hydrogen (secondary N) is 2. The van der Waals surface area contributed by atoms with Gasteiger partial charge in [0.05, 0.1) is 6.42 Å². The molecule has 2 aromatic rings. The summed E-state index contributed by atoms with van der Waals surface area (Å²) in [5.41, 5.74) is 0.983. The minimum absolute atomic E-state index is 0.139. The summed E-state index contributed by atoms with van der Waals surface area (Å²) in [5, 5.41) is 24.6. The number of carbonyl (C=O) groups excluding carboxylic acids is 2. The summed E-state index contributed by atoms with van der Waals surface area (Å²) in [6.07, 6.45) is 0.228. The Hall–Kier alpha value is -2.73. The van der Waals surface area contributed by atoms with Gasteiger partial charge in [0.1, 0.15) is 11.5 Å².